The molecule has 1 unspecified atom stereocenters. The van der Waals surface area contributed by atoms with Crippen LogP contribution in [0, 0.1) is 0 Å². The van der Waals surface area contributed by atoms with Crippen LogP contribution in [0.2, 0.25) is 0 Å². The molecule has 1 heterocycles. The van der Waals surface area contributed by atoms with Gasteiger partial charge in [0.1, 0.15) is 12.6 Å². The summed E-state index contributed by atoms with van der Waals surface area (Å²) in [4.78, 5) is 27.6. The molecule has 0 aliphatic carbocycles. The van der Waals surface area contributed by atoms with Gasteiger partial charge in [0, 0.05) is 30.4 Å². The van der Waals surface area contributed by atoms with Crippen molar-refractivity contribution < 1.29 is 14.3 Å². The average molecular weight is 341 g/mol. The quantitative estimate of drug-likeness (QED) is 0.840. The smallest absolute Gasteiger partial charge is 0.249 e. The SMILES string of the molecule is COCC(=O)N1CCN(c2cccc(Br)c2)C(=O)C1C. The summed E-state index contributed by atoms with van der Waals surface area (Å²) in [5.74, 6) is -0.221. The van der Waals surface area contributed by atoms with Crippen LogP contribution in [0.15, 0.2) is 28.7 Å². The molecule has 108 valence electrons. The molecule has 1 aromatic rings. The highest BCUT2D eigenvalue weighted by Gasteiger charge is 2.34. The number of benzene rings is 1. The molecule has 1 atom stereocenters. The molecule has 1 fully saturated rings. The summed E-state index contributed by atoms with van der Waals surface area (Å²) in [6.07, 6.45) is 0. The number of halogens is 1. The van der Waals surface area contributed by atoms with Crippen molar-refractivity contribution in [2.45, 2.75) is 13.0 Å². The number of amides is 2. The second-order valence-corrected chi connectivity index (χ2v) is 5.58. The number of hydrogen-bond acceptors (Lipinski definition) is 3. The molecule has 0 saturated carbocycles. The van der Waals surface area contributed by atoms with Gasteiger partial charge in [0.2, 0.25) is 11.8 Å². The Hall–Kier alpha value is -1.40. The highest BCUT2D eigenvalue weighted by atomic mass is 79.9. The number of hydrogen-bond donors (Lipinski definition) is 0. The second-order valence-electron chi connectivity index (χ2n) is 4.67. The fourth-order valence-electron chi connectivity index (χ4n) is 2.32. The Balaban J connectivity index is 2.15. The summed E-state index contributed by atoms with van der Waals surface area (Å²) >= 11 is 3.40. The van der Waals surface area contributed by atoms with Gasteiger partial charge in [0.05, 0.1) is 0 Å². The number of anilines is 1. The van der Waals surface area contributed by atoms with E-state index in [1.165, 1.54) is 7.11 Å². The van der Waals surface area contributed by atoms with Gasteiger partial charge in [0.15, 0.2) is 0 Å². The van der Waals surface area contributed by atoms with E-state index < -0.39 is 6.04 Å². The predicted octanol–water partition coefficient (Wildman–Crippen LogP) is 1.66. The summed E-state index contributed by atoms with van der Waals surface area (Å²) in [7, 11) is 1.47. The molecule has 1 aromatic carbocycles. The van der Waals surface area contributed by atoms with Crippen molar-refractivity contribution >= 4 is 33.4 Å². The van der Waals surface area contributed by atoms with Crippen LogP contribution in [-0.2, 0) is 14.3 Å². The van der Waals surface area contributed by atoms with Gasteiger partial charge in [0.25, 0.3) is 0 Å². The summed E-state index contributed by atoms with van der Waals surface area (Å²) in [6.45, 7) is 2.77. The molecule has 5 nitrogen and oxygen atoms in total. The van der Waals surface area contributed by atoms with E-state index in [1.807, 2.05) is 24.3 Å². The maximum Gasteiger partial charge on any atom is 0.249 e. The van der Waals surface area contributed by atoms with Crippen LogP contribution >= 0.6 is 15.9 Å². The van der Waals surface area contributed by atoms with E-state index in [-0.39, 0.29) is 18.4 Å². The zero-order valence-corrected chi connectivity index (χ0v) is 13.1. The minimum absolute atomic E-state index is 0.00844. The van der Waals surface area contributed by atoms with Crippen LogP contribution in [-0.4, -0.2) is 49.6 Å². The van der Waals surface area contributed by atoms with Crippen molar-refractivity contribution in [1.82, 2.24) is 4.90 Å². The lowest BCUT2D eigenvalue weighted by atomic mass is 10.1. The minimum Gasteiger partial charge on any atom is -0.375 e. The molecule has 20 heavy (non-hydrogen) atoms. The number of carbonyl (C=O) groups is 2. The van der Waals surface area contributed by atoms with Gasteiger partial charge in [-0.25, -0.2) is 0 Å². The molecule has 1 saturated heterocycles. The van der Waals surface area contributed by atoms with Gasteiger partial charge >= 0.3 is 0 Å². The first-order valence-electron chi connectivity index (χ1n) is 6.40. The third-order valence-corrected chi connectivity index (χ3v) is 3.86. The van der Waals surface area contributed by atoms with Crippen LogP contribution in [0.5, 0.6) is 0 Å². The minimum atomic E-state index is -0.467. The van der Waals surface area contributed by atoms with Crippen LogP contribution in [0.3, 0.4) is 0 Å². The van der Waals surface area contributed by atoms with Gasteiger partial charge < -0.3 is 14.5 Å². The Bertz CT molecular complexity index is 521. The fourth-order valence-corrected chi connectivity index (χ4v) is 2.71. The van der Waals surface area contributed by atoms with Crippen LogP contribution in [0.4, 0.5) is 5.69 Å². The number of ether oxygens (including phenoxy) is 1. The number of nitrogens with zero attached hydrogens (tertiary/aromatic N) is 2. The van der Waals surface area contributed by atoms with Crippen molar-refractivity contribution in [3.63, 3.8) is 0 Å². The van der Waals surface area contributed by atoms with Crippen molar-refractivity contribution in [2.24, 2.45) is 0 Å². The summed E-state index contributed by atoms with van der Waals surface area (Å²) in [6, 6.07) is 7.12. The average Bonchev–Trinajstić information content (AvgIpc) is 2.42. The van der Waals surface area contributed by atoms with E-state index >= 15 is 0 Å². The Morgan fingerprint density at radius 3 is 2.85 bits per heavy atom. The van der Waals surface area contributed by atoms with E-state index in [2.05, 4.69) is 15.9 Å². The fraction of sp³-hybridized carbons (Fsp3) is 0.429. The highest BCUT2D eigenvalue weighted by Crippen LogP contribution is 2.23. The van der Waals surface area contributed by atoms with E-state index in [9.17, 15) is 9.59 Å². The monoisotopic (exact) mass is 340 g/mol. The predicted molar refractivity (Wildman–Crippen MR) is 79.5 cm³/mol. The van der Waals surface area contributed by atoms with E-state index in [0.717, 1.165) is 10.2 Å². The van der Waals surface area contributed by atoms with Crippen molar-refractivity contribution in [3.05, 3.63) is 28.7 Å². The van der Waals surface area contributed by atoms with Crippen LogP contribution in [0.25, 0.3) is 0 Å². The molecule has 0 radical (unpaired) electrons. The lowest BCUT2D eigenvalue weighted by Crippen LogP contribution is -2.58. The highest BCUT2D eigenvalue weighted by molar-refractivity contribution is 9.10. The summed E-state index contributed by atoms with van der Waals surface area (Å²) in [5.41, 5.74) is 0.843. The Labute approximate surface area is 126 Å². The molecule has 1 aliphatic rings. The molecule has 0 spiro atoms. The standard InChI is InChI=1S/C14H17BrN2O3/c1-10-14(19)17(12-5-3-4-11(15)8-12)7-6-16(10)13(18)9-20-2/h3-5,8,10H,6-7,9H2,1-2H3. The second kappa shape index (κ2) is 6.37. The van der Waals surface area contributed by atoms with Crippen molar-refractivity contribution in [3.8, 4) is 0 Å². The Morgan fingerprint density at radius 2 is 2.20 bits per heavy atom. The van der Waals surface area contributed by atoms with E-state index in [1.54, 1.807) is 16.7 Å². The maximum absolute atomic E-state index is 12.4. The molecule has 6 heteroatoms. The van der Waals surface area contributed by atoms with Gasteiger partial charge in [-0.3, -0.25) is 9.59 Å². The van der Waals surface area contributed by atoms with Gasteiger partial charge in [-0.05, 0) is 25.1 Å². The van der Waals surface area contributed by atoms with E-state index in [0.29, 0.717) is 13.1 Å². The molecule has 0 aromatic heterocycles. The lowest BCUT2D eigenvalue weighted by Gasteiger charge is -2.39. The van der Waals surface area contributed by atoms with Crippen molar-refractivity contribution in [1.29, 1.82) is 0 Å². The summed E-state index contributed by atoms with van der Waals surface area (Å²) in [5, 5.41) is 0. The molecule has 2 amide bonds. The first kappa shape index (κ1) is 15.0. The zero-order chi connectivity index (χ0) is 14.7. The largest absolute Gasteiger partial charge is 0.375 e. The zero-order valence-electron chi connectivity index (χ0n) is 11.5. The van der Waals surface area contributed by atoms with Crippen LogP contribution in [0.1, 0.15) is 6.92 Å². The van der Waals surface area contributed by atoms with Gasteiger partial charge in [-0.1, -0.05) is 22.0 Å². The Morgan fingerprint density at radius 1 is 1.45 bits per heavy atom. The summed E-state index contributed by atoms with van der Waals surface area (Å²) < 4.78 is 5.77. The third kappa shape index (κ3) is 3.02. The third-order valence-electron chi connectivity index (χ3n) is 3.36. The number of piperazine rings is 1. The normalized spacial score (nSPS) is 19.4. The van der Waals surface area contributed by atoms with Crippen molar-refractivity contribution in [2.75, 3.05) is 31.7 Å². The molecular weight excluding hydrogens is 324 g/mol. The number of carbonyl (C=O) groups excluding carboxylic acids is 2. The van der Waals surface area contributed by atoms with Gasteiger partial charge in [-0.15, -0.1) is 0 Å². The molecule has 0 bridgehead atoms. The molecule has 2 rings (SSSR count). The number of rotatable bonds is 3. The van der Waals surface area contributed by atoms with Gasteiger partial charge in [-0.2, -0.15) is 0 Å². The van der Waals surface area contributed by atoms with E-state index in [4.69, 9.17) is 4.74 Å². The van der Waals surface area contributed by atoms with Crippen LogP contribution < -0.4 is 4.90 Å². The molecular formula is C14H17BrN2O3. The molecule has 1 aliphatic heterocycles. The maximum atomic E-state index is 12.4. The first-order valence-corrected chi connectivity index (χ1v) is 7.19. The first-order chi connectivity index (χ1) is 9.54. The topological polar surface area (TPSA) is 49.9 Å². The Kier molecular flexibility index (Phi) is 4.77. The number of methoxy groups -OCH3 is 1. The molecule has 0 N–H and O–H groups in total. The lowest BCUT2D eigenvalue weighted by molar-refractivity contribution is -0.143.